The normalized spacial score (nSPS) is 41.8. The number of rotatable bonds is 2. The molecule has 0 spiro atoms. The second-order valence-electron chi connectivity index (χ2n) is 2.90. The van der Waals surface area contributed by atoms with E-state index in [0.717, 1.165) is 0 Å². The molecule has 0 aliphatic carbocycles. The summed E-state index contributed by atoms with van der Waals surface area (Å²) in [6, 6.07) is 0. The van der Waals surface area contributed by atoms with Crippen LogP contribution in [0.2, 0.25) is 0 Å². The summed E-state index contributed by atoms with van der Waals surface area (Å²) in [5.41, 5.74) is -2.38. The first kappa shape index (κ1) is 10.4. The van der Waals surface area contributed by atoms with Crippen LogP contribution < -0.4 is 5.32 Å². The van der Waals surface area contributed by atoms with Gasteiger partial charge in [0.25, 0.3) is 5.91 Å². The predicted octanol–water partition coefficient (Wildman–Crippen LogP) is -4.12. The fraction of sp³-hybridized carbons (Fsp3) is 0.833. The molecule has 0 bridgehead atoms. The predicted molar refractivity (Wildman–Crippen MR) is 38.2 cm³/mol. The second-order valence-corrected chi connectivity index (χ2v) is 2.90. The van der Waals surface area contributed by atoms with E-state index >= 15 is 0 Å². The molecule has 0 unspecified atom stereocenters. The van der Waals surface area contributed by atoms with Crippen molar-refractivity contribution in [3.8, 4) is 0 Å². The lowest BCUT2D eigenvalue weighted by atomic mass is 10.0. The molecule has 0 aromatic rings. The minimum absolute atomic E-state index is 0.847. The molecule has 0 aromatic carbocycles. The van der Waals surface area contributed by atoms with E-state index in [1.54, 1.807) is 5.32 Å². The Bertz CT molecular complexity index is 221. The van der Waals surface area contributed by atoms with Gasteiger partial charge >= 0.3 is 0 Å². The first-order valence-electron chi connectivity index (χ1n) is 3.63. The maximum atomic E-state index is 10.7. The standard InChI is InChI=1S/C6H11NO6/c8-1-2(9)6(13)4(11)3(10)5(12)7-6/h2-4,8-11,13H,1H2,(H,7,12)/t2-,3-,4-,6+/m0/s1. The number of nitrogens with one attached hydrogen (secondary N) is 1. The Balaban J connectivity index is 2.87. The monoisotopic (exact) mass is 193 g/mol. The number of hydrogen-bond donors (Lipinski definition) is 6. The van der Waals surface area contributed by atoms with E-state index in [2.05, 4.69) is 0 Å². The summed E-state index contributed by atoms with van der Waals surface area (Å²) in [4.78, 5) is 10.7. The summed E-state index contributed by atoms with van der Waals surface area (Å²) in [6.07, 6.45) is -5.41. The van der Waals surface area contributed by atoms with Gasteiger partial charge in [-0.05, 0) is 0 Å². The molecule has 76 valence electrons. The number of aliphatic hydroxyl groups is 5. The Morgan fingerprint density at radius 2 is 2.08 bits per heavy atom. The van der Waals surface area contributed by atoms with Crippen LogP contribution in [0.15, 0.2) is 0 Å². The molecule has 1 aliphatic rings. The van der Waals surface area contributed by atoms with Crippen molar-refractivity contribution in [3.63, 3.8) is 0 Å². The van der Waals surface area contributed by atoms with Gasteiger partial charge in [-0.3, -0.25) is 4.79 Å². The first-order valence-corrected chi connectivity index (χ1v) is 3.63. The Labute approximate surface area is 73.2 Å². The summed E-state index contributed by atoms with van der Waals surface area (Å²) in [5, 5.41) is 46.8. The molecule has 1 rings (SSSR count). The molecule has 7 heteroatoms. The van der Waals surface area contributed by atoms with Crippen molar-refractivity contribution in [2.24, 2.45) is 0 Å². The van der Waals surface area contributed by atoms with Gasteiger partial charge in [-0.1, -0.05) is 0 Å². The lowest BCUT2D eigenvalue weighted by molar-refractivity contribution is -0.168. The molecule has 0 radical (unpaired) electrons. The van der Waals surface area contributed by atoms with Crippen LogP contribution in [0, 0.1) is 0 Å². The average molecular weight is 193 g/mol. The summed E-state index contributed by atoms with van der Waals surface area (Å²) >= 11 is 0. The van der Waals surface area contributed by atoms with E-state index in [4.69, 9.17) is 20.4 Å². The molecule has 1 amide bonds. The smallest absolute Gasteiger partial charge is 0.254 e. The Morgan fingerprint density at radius 3 is 2.38 bits per heavy atom. The van der Waals surface area contributed by atoms with Gasteiger partial charge in [-0.2, -0.15) is 0 Å². The van der Waals surface area contributed by atoms with Crippen molar-refractivity contribution in [2.75, 3.05) is 6.61 Å². The fourth-order valence-electron chi connectivity index (χ4n) is 1.15. The number of amides is 1. The molecule has 1 heterocycles. The summed E-state index contributed by atoms with van der Waals surface area (Å²) in [7, 11) is 0. The van der Waals surface area contributed by atoms with Gasteiger partial charge in [0.05, 0.1) is 6.61 Å². The van der Waals surface area contributed by atoms with Crippen molar-refractivity contribution < 1.29 is 30.3 Å². The van der Waals surface area contributed by atoms with Gasteiger partial charge in [0.15, 0.2) is 11.8 Å². The molecular weight excluding hydrogens is 182 g/mol. The van der Waals surface area contributed by atoms with E-state index in [1.807, 2.05) is 0 Å². The molecule has 0 aromatic heterocycles. The van der Waals surface area contributed by atoms with Crippen LogP contribution in [-0.4, -0.2) is 62.1 Å². The maximum Gasteiger partial charge on any atom is 0.254 e. The largest absolute Gasteiger partial charge is 0.393 e. The van der Waals surface area contributed by atoms with Gasteiger partial charge < -0.3 is 30.8 Å². The van der Waals surface area contributed by atoms with Gasteiger partial charge in [0.1, 0.15) is 12.2 Å². The maximum absolute atomic E-state index is 10.7. The van der Waals surface area contributed by atoms with Gasteiger partial charge in [-0.15, -0.1) is 0 Å². The zero-order valence-electron chi connectivity index (χ0n) is 6.58. The van der Waals surface area contributed by atoms with E-state index in [9.17, 15) is 9.90 Å². The van der Waals surface area contributed by atoms with Crippen LogP contribution in [0.4, 0.5) is 0 Å². The number of hydrogen-bond acceptors (Lipinski definition) is 6. The van der Waals surface area contributed by atoms with E-state index in [1.165, 1.54) is 0 Å². The highest BCUT2D eigenvalue weighted by molar-refractivity contribution is 5.85. The zero-order chi connectivity index (χ0) is 10.2. The second kappa shape index (κ2) is 3.20. The molecule has 1 saturated heterocycles. The van der Waals surface area contributed by atoms with Crippen molar-refractivity contribution in [3.05, 3.63) is 0 Å². The molecule has 4 atom stereocenters. The van der Waals surface area contributed by atoms with E-state index in [-0.39, 0.29) is 0 Å². The van der Waals surface area contributed by atoms with Crippen LogP contribution in [0.25, 0.3) is 0 Å². The number of carbonyl (C=O) groups is 1. The van der Waals surface area contributed by atoms with Crippen LogP contribution in [0.5, 0.6) is 0 Å². The molecule has 6 N–H and O–H groups in total. The topological polar surface area (TPSA) is 130 Å². The minimum Gasteiger partial charge on any atom is -0.393 e. The first-order chi connectivity index (χ1) is 5.93. The van der Waals surface area contributed by atoms with Gasteiger partial charge in [-0.25, -0.2) is 0 Å². The SMILES string of the molecule is O=C1N[C@@](O)([C@@H](O)CO)[C@@H](O)[C@@H]1O. The van der Waals surface area contributed by atoms with Crippen molar-refractivity contribution in [1.82, 2.24) is 5.32 Å². The third-order valence-electron chi connectivity index (χ3n) is 2.02. The third-order valence-corrected chi connectivity index (χ3v) is 2.02. The molecule has 1 fully saturated rings. The Kier molecular flexibility index (Phi) is 2.55. The fourth-order valence-corrected chi connectivity index (χ4v) is 1.15. The van der Waals surface area contributed by atoms with Crippen LogP contribution in [-0.2, 0) is 4.79 Å². The van der Waals surface area contributed by atoms with Gasteiger partial charge in [0, 0.05) is 0 Å². The van der Waals surface area contributed by atoms with Crippen molar-refractivity contribution >= 4 is 5.91 Å². The molecule has 13 heavy (non-hydrogen) atoms. The van der Waals surface area contributed by atoms with Crippen molar-refractivity contribution in [2.45, 2.75) is 24.0 Å². The van der Waals surface area contributed by atoms with E-state index in [0.29, 0.717) is 0 Å². The number of carbonyl (C=O) groups excluding carboxylic acids is 1. The summed E-state index contributed by atoms with van der Waals surface area (Å²) in [6.45, 7) is -0.847. The quantitative estimate of drug-likeness (QED) is 0.264. The van der Waals surface area contributed by atoms with Gasteiger partial charge in [0.2, 0.25) is 0 Å². The Morgan fingerprint density at radius 1 is 1.54 bits per heavy atom. The molecule has 7 nitrogen and oxygen atoms in total. The lowest BCUT2D eigenvalue weighted by Gasteiger charge is -2.30. The number of aliphatic hydroxyl groups excluding tert-OH is 4. The van der Waals surface area contributed by atoms with Crippen LogP contribution >= 0.6 is 0 Å². The highest BCUT2D eigenvalue weighted by Crippen LogP contribution is 2.22. The Hall–Kier alpha value is -0.730. The summed E-state index contributed by atoms with van der Waals surface area (Å²) in [5.74, 6) is -0.998. The highest BCUT2D eigenvalue weighted by Gasteiger charge is 2.55. The highest BCUT2D eigenvalue weighted by atomic mass is 16.4. The lowest BCUT2D eigenvalue weighted by Crippen LogP contribution is -2.59. The molecular formula is C6H11NO6. The third kappa shape index (κ3) is 1.40. The molecule has 0 saturated carbocycles. The average Bonchev–Trinajstić information content (AvgIpc) is 2.30. The zero-order valence-corrected chi connectivity index (χ0v) is 6.58. The van der Waals surface area contributed by atoms with Crippen LogP contribution in [0.1, 0.15) is 0 Å². The minimum atomic E-state index is -2.38. The van der Waals surface area contributed by atoms with Crippen molar-refractivity contribution in [1.29, 1.82) is 0 Å². The summed E-state index contributed by atoms with van der Waals surface area (Å²) < 4.78 is 0. The van der Waals surface area contributed by atoms with E-state index < -0.39 is 36.6 Å². The van der Waals surface area contributed by atoms with Crippen LogP contribution in [0.3, 0.4) is 0 Å². The molecule has 1 aliphatic heterocycles.